The summed E-state index contributed by atoms with van der Waals surface area (Å²) in [4.78, 5) is 24.2. The van der Waals surface area contributed by atoms with Gasteiger partial charge in [-0.3, -0.25) is 4.79 Å². The van der Waals surface area contributed by atoms with E-state index in [0.29, 0.717) is 38.3 Å². The Hall–Kier alpha value is -3.20. The van der Waals surface area contributed by atoms with Crippen molar-refractivity contribution < 1.29 is 13.9 Å². The largest absolute Gasteiger partial charge is 0.495 e. The number of halogens is 1. The molecule has 1 aromatic heterocycles. The van der Waals surface area contributed by atoms with Crippen LogP contribution in [0.1, 0.15) is 38.1 Å². The molecule has 2 aromatic carbocycles. The van der Waals surface area contributed by atoms with Crippen molar-refractivity contribution in [1.29, 1.82) is 0 Å². The van der Waals surface area contributed by atoms with Gasteiger partial charge in [0, 0.05) is 63.1 Å². The molecule has 0 bridgehead atoms. The second kappa shape index (κ2) is 12.2. The number of amides is 1. The molecule has 1 amide bonds. The van der Waals surface area contributed by atoms with Crippen LogP contribution in [0.5, 0.6) is 5.75 Å². The number of methoxy groups -OCH3 is 1. The van der Waals surface area contributed by atoms with Gasteiger partial charge in [-0.1, -0.05) is 31.2 Å². The molecular weight excluding hydrogens is 477 g/mol. The zero-order chi connectivity index (χ0) is 25.5. The number of hydrogen-bond donors (Lipinski definition) is 0. The zero-order valence-electron chi connectivity index (χ0n) is 21.2. The highest BCUT2D eigenvalue weighted by Gasteiger charge is 2.25. The molecule has 9 heteroatoms. The van der Waals surface area contributed by atoms with E-state index in [2.05, 4.69) is 34.1 Å². The van der Waals surface area contributed by atoms with Crippen LogP contribution in [0.15, 0.2) is 48.5 Å². The summed E-state index contributed by atoms with van der Waals surface area (Å²) in [5.41, 5.74) is 2.04. The number of rotatable bonds is 10. The quantitative estimate of drug-likeness (QED) is 0.396. The van der Waals surface area contributed by atoms with Gasteiger partial charge in [0.05, 0.1) is 12.8 Å². The molecule has 1 aliphatic rings. The first-order chi connectivity index (χ1) is 17.5. The third kappa shape index (κ3) is 6.32. The highest BCUT2D eigenvalue weighted by molar-refractivity contribution is 7.09. The molecule has 4 rings (SSSR count). The summed E-state index contributed by atoms with van der Waals surface area (Å²) in [5, 5.41) is 0.829. The Morgan fingerprint density at radius 3 is 2.56 bits per heavy atom. The first-order valence-electron chi connectivity index (χ1n) is 12.5. The predicted octanol–water partition coefficient (Wildman–Crippen LogP) is 4.62. The molecule has 7 nitrogen and oxygen atoms in total. The standard InChI is InChI=1S/C27H34FN5O2S/c1-4-20(2)33(27-29-25(30-36-27)19-21-9-11-22(28)12-10-21)14-13-26(34)32-17-15-31(16-18-32)23-7-5-6-8-24(23)35-3/h5-12,20H,4,13-19H2,1-3H3. The fourth-order valence-corrected chi connectivity index (χ4v) is 5.22. The molecule has 0 aliphatic carbocycles. The fraction of sp³-hybridized carbons (Fsp3) is 0.444. The maximum absolute atomic E-state index is 13.2. The Balaban J connectivity index is 1.33. The Morgan fingerprint density at radius 2 is 1.86 bits per heavy atom. The number of carbonyl (C=O) groups excluding carboxylic acids is 1. The van der Waals surface area contributed by atoms with Crippen LogP contribution in [0, 0.1) is 5.82 Å². The van der Waals surface area contributed by atoms with E-state index in [1.165, 1.54) is 23.7 Å². The topological polar surface area (TPSA) is 61.8 Å². The molecule has 2 heterocycles. The maximum atomic E-state index is 13.2. The number of benzene rings is 2. The number of aromatic nitrogens is 2. The van der Waals surface area contributed by atoms with Gasteiger partial charge in [0.1, 0.15) is 17.4 Å². The molecule has 36 heavy (non-hydrogen) atoms. The van der Waals surface area contributed by atoms with Crippen LogP contribution in [0.2, 0.25) is 0 Å². The van der Waals surface area contributed by atoms with Crippen molar-refractivity contribution in [3.63, 3.8) is 0 Å². The van der Waals surface area contributed by atoms with Gasteiger partial charge < -0.3 is 19.4 Å². The number of piperazine rings is 1. The number of anilines is 2. The average molecular weight is 512 g/mol. The minimum atomic E-state index is -0.250. The maximum Gasteiger partial charge on any atom is 0.224 e. The van der Waals surface area contributed by atoms with E-state index in [4.69, 9.17) is 9.72 Å². The van der Waals surface area contributed by atoms with Crippen LogP contribution in [0.4, 0.5) is 15.2 Å². The molecule has 192 valence electrons. The van der Waals surface area contributed by atoms with Gasteiger partial charge in [-0.2, -0.15) is 4.37 Å². The molecule has 1 atom stereocenters. The summed E-state index contributed by atoms with van der Waals surface area (Å²) in [5.74, 6) is 1.49. The van der Waals surface area contributed by atoms with Crippen molar-refractivity contribution in [2.24, 2.45) is 0 Å². The van der Waals surface area contributed by atoms with E-state index in [0.717, 1.165) is 41.6 Å². The number of para-hydroxylation sites is 2. The second-order valence-corrected chi connectivity index (χ2v) is 9.77. The van der Waals surface area contributed by atoms with E-state index in [9.17, 15) is 9.18 Å². The zero-order valence-corrected chi connectivity index (χ0v) is 22.0. The molecule has 1 saturated heterocycles. The summed E-state index contributed by atoms with van der Waals surface area (Å²) in [6.45, 7) is 7.84. The van der Waals surface area contributed by atoms with E-state index in [1.807, 2.05) is 23.1 Å². The normalized spacial score (nSPS) is 14.6. The molecule has 1 unspecified atom stereocenters. The lowest BCUT2D eigenvalue weighted by Gasteiger charge is -2.37. The molecular formula is C27H34FN5O2S. The van der Waals surface area contributed by atoms with Gasteiger partial charge in [0.15, 0.2) is 0 Å². The van der Waals surface area contributed by atoms with Crippen molar-refractivity contribution in [1.82, 2.24) is 14.3 Å². The number of hydrogen-bond acceptors (Lipinski definition) is 7. The first-order valence-corrected chi connectivity index (χ1v) is 13.2. The van der Waals surface area contributed by atoms with Gasteiger partial charge >= 0.3 is 0 Å². The fourth-order valence-electron chi connectivity index (χ4n) is 4.40. The van der Waals surface area contributed by atoms with Crippen LogP contribution in [-0.4, -0.2) is 66.0 Å². The number of nitrogens with zero attached hydrogens (tertiary/aromatic N) is 5. The van der Waals surface area contributed by atoms with E-state index >= 15 is 0 Å². The number of carbonyl (C=O) groups is 1. The predicted molar refractivity (Wildman–Crippen MR) is 143 cm³/mol. The minimum Gasteiger partial charge on any atom is -0.495 e. The lowest BCUT2D eigenvalue weighted by Crippen LogP contribution is -2.49. The van der Waals surface area contributed by atoms with Crippen molar-refractivity contribution in [3.8, 4) is 5.75 Å². The van der Waals surface area contributed by atoms with Gasteiger partial charge in [-0.15, -0.1) is 0 Å². The smallest absolute Gasteiger partial charge is 0.224 e. The van der Waals surface area contributed by atoms with Gasteiger partial charge in [-0.05, 0) is 43.2 Å². The van der Waals surface area contributed by atoms with Crippen molar-refractivity contribution in [2.75, 3.05) is 49.6 Å². The highest BCUT2D eigenvalue weighted by Crippen LogP contribution is 2.28. The Bertz CT molecular complexity index is 1130. The summed E-state index contributed by atoms with van der Waals surface area (Å²) < 4.78 is 23.2. The average Bonchev–Trinajstić information content (AvgIpc) is 3.37. The van der Waals surface area contributed by atoms with Gasteiger partial charge in [0.2, 0.25) is 11.0 Å². The summed E-state index contributed by atoms with van der Waals surface area (Å²) in [6.07, 6.45) is 1.94. The van der Waals surface area contributed by atoms with E-state index < -0.39 is 0 Å². The van der Waals surface area contributed by atoms with Crippen LogP contribution >= 0.6 is 11.5 Å². The van der Waals surface area contributed by atoms with Gasteiger partial charge in [0.25, 0.3) is 0 Å². The lowest BCUT2D eigenvalue weighted by molar-refractivity contribution is -0.131. The van der Waals surface area contributed by atoms with Crippen LogP contribution < -0.4 is 14.5 Å². The lowest BCUT2D eigenvalue weighted by atomic mass is 10.1. The summed E-state index contributed by atoms with van der Waals surface area (Å²) >= 11 is 1.36. The van der Waals surface area contributed by atoms with E-state index in [1.54, 1.807) is 19.2 Å². The van der Waals surface area contributed by atoms with Gasteiger partial charge in [-0.25, -0.2) is 9.37 Å². The van der Waals surface area contributed by atoms with Crippen LogP contribution in [0.25, 0.3) is 0 Å². The van der Waals surface area contributed by atoms with Crippen molar-refractivity contribution in [3.05, 3.63) is 65.7 Å². The van der Waals surface area contributed by atoms with E-state index in [-0.39, 0.29) is 17.8 Å². The Kier molecular flexibility index (Phi) is 8.74. The molecule has 0 saturated carbocycles. The molecule has 3 aromatic rings. The second-order valence-electron chi connectivity index (χ2n) is 9.04. The monoisotopic (exact) mass is 511 g/mol. The van der Waals surface area contributed by atoms with Crippen molar-refractivity contribution in [2.45, 2.75) is 39.2 Å². The molecule has 1 aliphatic heterocycles. The summed E-state index contributed by atoms with van der Waals surface area (Å²) in [6, 6.07) is 14.7. The van der Waals surface area contributed by atoms with Crippen LogP contribution in [0.3, 0.4) is 0 Å². The van der Waals surface area contributed by atoms with Crippen molar-refractivity contribution >= 4 is 28.3 Å². The molecule has 0 radical (unpaired) electrons. The SMILES string of the molecule is CCC(C)N(CCC(=O)N1CCN(c2ccccc2OC)CC1)c1nc(Cc2ccc(F)cc2)ns1. The summed E-state index contributed by atoms with van der Waals surface area (Å²) in [7, 11) is 1.69. The molecule has 0 spiro atoms. The van der Waals surface area contributed by atoms with Crippen LogP contribution in [-0.2, 0) is 11.2 Å². The Labute approximate surface area is 216 Å². The molecule has 0 N–H and O–H groups in total. The highest BCUT2D eigenvalue weighted by atomic mass is 32.1. The third-order valence-corrected chi connectivity index (χ3v) is 7.52. The Morgan fingerprint density at radius 1 is 1.14 bits per heavy atom. The first kappa shape index (κ1) is 25.9. The number of ether oxygens (including phenoxy) is 1. The minimum absolute atomic E-state index is 0.166. The molecule has 1 fully saturated rings. The third-order valence-electron chi connectivity index (χ3n) is 6.73.